The first-order chi connectivity index (χ1) is 6.13. The molecular weight excluding hydrogens is 160 g/mol. The number of benzene rings is 1. The van der Waals surface area contributed by atoms with Gasteiger partial charge in [0, 0.05) is 11.2 Å². The van der Waals surface area contributed by atoms with Gasteiger partial charge in [0.25, 0.3) is 0 Å². The van der Waals surface area contributed by atoms with Crippen LogP contribution in [0.1, 0.15) is 18.1 Å². The van der Waals surface area contributed by atoms with E-state index >= 15 is 0 Å². The van der Waals surface area contributed by atoms with Gasteiger partial charge in [-0.05, 0) is 50.1 Å². The van der Waals surface area contributed by atoms with Gasteiger partial charge in [-0.25, -0.2) is 0 Å². The maximum Gasteiger partial charge on any atom is 0.0316 e. The molecule has 0 spiro atoms. The highest BCUT2D eigenvalue weighted by Crippen LogP contribution is 2.30. The fraction of sp³-hybridized carbons (Fsp3) is 0.455. The summed E-state index contributed by atoms with van der Waals surface area (Å²) >= 11 is 0. The number of rotatable bonds is 1. The van der Waals surface area contributed by atoms with Gasteiger partial charge in [0.2, 0.25) is 0 Å². The smallest absolute Gasteiger partial charge is 0.0316 e. The van der Waals surface area contributed by atoms with E-state index in [0.29, 0.717) is 0 Å². The number of hydrogen-bond donors (Lipinski definition) is 2. The number of fused-ring (bicyclic) bond motifs is 1. The third kappa shape index (κ3) is 1.42. The van der Waals surface area contributed by atoms with E-state index in [1.165, 1.54) is 11.1 Å². The predicted molar refractivity (Wildman–Crippen MR) is 55.7 cm³/mol. The fourth-order valence-electron chi connectivity index (χ4n) is 2.06. The van der Waals surface area contributed by atoms with Gasteiger partial charge in [-0.15, -0.1) is 0 Å². The highest BCUT2D eigenvalue weighted by atomic mass is 14.9. The third-order valence-electron chi connectivity index (χ3n) is 3.00. The summed E-state index contributed by atoms with van der Waals surface area (Å²) in [6.45, 7) is 2.25. The lowest BCUT2D eigenvalue weighted by atomic mass is 9.99. The molecule has 0 bridgehead atoms. The molecule has 1 aliphatic carbocycles. The standard InChI is InChI=1S/C11H16N2/c1-11(13-2)6-8-3-4-10(12)5-9(8)7-11/h3-5,13H,6-7,12H2,1-2H3. The van der Waals surface area contributed by atoms with Crippen LogP contribution in [0, 0.1) is 0 Å². The first kappa shape index (κ1) is 8.57. The molecule has 1 aliphatic rings. The van der Waals surface area contributed by atoms with Gasteiger partial charge in [0.05, 0.1) is 0 Å². The minimum absolute atomic E-state index is 0.232. The number of nitrogen functional groups attached to an aromatic ring is 1. The summed E-state index contributed by atoms with van der Waals surface area (Å²) in [6.07, 6.45) is 2.20. The van der Waals surface area contributed by atoms with Crippen molar-refractivity contribution in [1.82, 2.24) is 5.32 Å². The van der Waals surface area contributed by atoms with Crippen LogP contribution in [0.15, 0.2) is 18.2 Å². The zero-order chi connectivity index (χ0) is 9.47. The average molecular weight is 176 g/mol. The molecule has 0 fully saturated rings. The van der Waals surface area contributed by atoms with Crippen molar-refractivity contribution in [2.24, 2.45) is 0 Å². The van der Waals surface area contributed by atoms with Gasteiger partial charge in [-0.2, -0.15) is 0 Å². The number of likely N-dealkylation sites (N-methyl/N-ethyl adjacent to an activating group) is 1. The molecule has 0 heterocycles. The molecule has 0 aliphatic heterocycles. The monoisotopic (exact) mass is 176 g/mol. The second-order valence-corrected chi connectivity index (χ2v) is 4.19. The number of hydrogen-bond acceptors (Lipinski definition) is 2. The summed E-state index contributed by atoms with van der Waals surface area (Å²) in [6, 6.07) is 6.23. The highest BCUT2D eigenvalue weighted by molar-refractivity contribution is 5.48. The van der Waals surface area contributed by atoms with E-state index < -0.39 is 0 Å². The van der Waals surface area contributed by atoms with Gasteiger partial charge >= 0.3 is 0 Å². The molecule has 0 amide bonds. The molecule has 2 rings (SSSR count). The Hall–Kier alpha value is -1.02. The lowest BCUT2D eigenvalue weighted by molar-refractivity contribution is 0.406. The molecule has 1 atom stereocenters. The lowest BCUT2D eigenvalue weighted by Gasteiger charge is -2.22. The van der Waals surface area contributed by atoms with Crippen molar-refractivity contribution in [2.75, 3.05) is 12.8 Å². The largest absolute Gasteiger partial charge is 0.399 e. The van der Waals surface area contributed by atoms with Crippen LogP contribution < -0.4 is 11.1 Å². The Labute approximate surface area is 79.1 Å². The van der Waals surface area contributed by atoms with E-state index in [4.69, 9.17) is 5.73 Å². The van der Waals surface area contributed by atoms with E-state index in [1.807, 2.05) is 13.1 Å². The Morgan fingerprint density at radius 3 is 2.69 bits per heavy atom. The molecule has 1 unspecified atom stereocenters. The molecule has 2 heteroatoms. The summed E-state index contributed by atoms with van der Waals surface area (Å²) < 4.78 is 0. The summed E-state index contributed by atoms with van der Waals surface area (Å²) in [5.41, 5.74) is 9.68. The van der Waals surface area contributed by atoms with Gasteiger partial charge in [0.1, 0.15) is 0 Å². The first-order valence-corrected chi connectivity index (χ1v) is 4.69. The number of nitrogens with two attached hydrogens (primary N) is 1. The minimum atomic E-state index is 0.232. The zero-order valence-corrected chi connectivity index (χ0v) is 8.22. The maximum absolute atomic E-state index is 5.74. The van der Waals surface area contributed by atoms with Crippen molar-refractivity contribution in [3.63, 3.8) is 0 Å². The Morgan fingerprint density at radius 2 is 2.00 bits per heavy atom. The van der Waals surface area contributed by atoms with Crippen molar-refractivity contribution in [3.05, 3.63) is 29.3 Å². The van der Waals surface area contributed by atoms with Crippen LogP contribution in [0.25, 0.3) is 0 Å². The SMILES string of the molecule is CNC1(C)Cc2ccc(N)cc2C1. The first-order valence-electron chi connectivity index (χ1n) is 4.69. The lowest BCUT2D eigenvalue weighted by Crippen LogP contribution is -2.40. The molecular formula is C11H16N2. The summed E-state index contributed by atoms with van der Waals surface area (Å²) in [5, 5.41) is 3.37. The summed E-state index contributed by atoms with van der Waals surface area (Å²) in [4.78, 5) is 0. The summed E-state index contributed by atoms with van der Waals surface area (Å²) in [5.74, 6) is 0. The van der Waals surface area contributed by atoms with Crippen molar-refractivity contribution in [3.8, 4) is 0 Å². The van der Waals surface area contributed by atoms with Crippen LogP contribution in [0.5, 0.6) is 0 Å². The van der Waals surface area contributed by atoms with Crippen LogP contribution in [0.3, 0.4) is 0 Å². The van der Waals surface area contributed by atoms with Crippen LogP contribution >= 0.6 is 0 Å². The van der Waals surface area contributed by atoms with Crippen molar-refractivity contribution >= 4 is 5.69 Å². The topological polar surface area (TPSA) is 38.0 Å². The fourth-order valence-corrected chi connectivity index (χ4v) is 2.06. The molecule has 70 valence electrons. The van der Waals surface area contributed by atoms with Gasteiger partial charge in [0.15, 0.2) is 0 Å². The van der Waals surface area contributed by atoms with Crippen LogP contribution in [-0.2, 0) is 12.8 Å². The minimum Gasteiger partial charge on any atom is -0.399 e. The molecule has 3 N–H and O–H groups in total. The number of nitrogens with one attached hydrogen (secondary N) is 1. The molecule has 1 aromatic rings. The van der Waals surface area contributed by atoms with E-state index in [0.717, 1.165) is 18.5 Å². The van der Waals surface area contributed by atoms with Gasteiger partial charge in [-0.3, -0.25) is 0 Å². The average Bonchev–Trinajstić information content (AvgIpc) is 2.42. The van der Waals surface area contributed by atoms with Gasteiger partial charge < -0.3 is 11.1 Å². The van der Waals surface area contributed by atoms with E-state index in [9.17, 15) is 0 Å². The van der Waals surface area contributed by atoms with E-state index in [2.05, 4.69) is 24.4 Å². The molecule has 0 aromatic heterocycles. The van der Waals surface area contributed by atoms with Crippen LogP contribution in [0.4, 0.5) is 5.69 Å². The predicted octanol–water partition coefficient (Wildman–Crippen LogP) is 1.35. The molecule has 1 aromatic carbocycles. The molecule has 0 saturated heterocycles. The molecule has 0 saturated carbocycles. The van der Waals surface area contributed by atoms with E-state index in [-0.39, 0.29) is 5.54 Å². The van der Waals surface area contributed by atoms with Crippen molar-refractivity contribution in [2.45, 2.75) is 25.3 Å². The third-order valence-corrected chi connectivity index (χ3v) is 3.00. The Bertz CT molecular complexity index is 333. The second-order valence-electron chi connectivity index (χ2n) is 4.19. The molecule has 2 nitrogen and oxygen atoms in total. The Balaban J connectivity index is 2.35. The maximum atomic E-state index is 5.74. The van der Waals surface area contributed by atoms with E-state index in [1.54, 1.807) is 0 Å². The van der Waals surface area contributed by atoms with Crippen molar-refractivity contribution < 1.29 is 0 Å². The van der Waals surface area contributed by atoms with Crippen molar-refractivity contribution in [1.29, 1.82) is 0 Å². The number of anilines is 1. The summed E-state index contributed by atoms with van der Waals surface area (Å²) in [7, 11) is 2.02. The molecule has 0 radical (unpaired) electrons. The normalized spacial score (nSPS) is 26.0. The van der Waals surface area contributed by atoms with Crippen LogP contribution in [0.2, 0.25) is 0 Å². The Kier molecular flexibility index (Phi) is 1.81. The van der Waals surface area contributed by atoms with Gasteiger partial charge in [-0.1, -0.05) is 6.07 Å². The Morgan fingerprint density at radius 1 is 1.31 bits per heavy atom. The zero-order valence-electron chi connectivity index (χ0n) is 8.22. The van der Waals surface area contributed by atoms with Crippen LogP contribution in [-0.4, -0.2) is 12.6 Å². The molecule has 13 heavy (non-hydrogen) atoms. The highest BCUT2D eigenvalue weighted by Gasteiger charge is 2.30. The second kappa shape index (κ2) is 2.74. The quantitative estimate of drug-likeness (QED) is 0.634.